The monoisotopic (exact) mass is 598 g/mol. The molecule has 224 valence electrons. The van der Waals surface area contributed by atoms with Crippen molar-refractivity contribution >= 4 is 39.4 Å². The van der Waals surface area contributed by atoms with E-state index in [0.717, 1.165) is 10.8 Å². The topological polar surface area (TPSA) is 88.1 Å². The van der Waals surface area contributed by atoms with E-state index in [4.69, 9.17) is 18.9 Å². The summed E-state index contributed by atoms with van der Waals surface area (Å²) in [7, 11) is 5.75. The Labute approximate surface area is 252 Å². The maximum absolute atomic E-state index is 14.0. The van der Waals surface area contributed by atoms with Gasteiger partial charge in [-0.3, -0.25) is 14.4 Å². The van der Waals surface area contributed by atoms with Crippen molar-refractivity contribution in [2.24, 2.45) is 0 Å². The molecule has 9 heteroatoms. The molecule has 5 aromatic carbocycles. The van der Waals surface area contributed by atoms with Crippen LogP contribution in [-0.4, -0.2) is 46.3 Å². The predicted molar refractivity (Wildman–Crippen MR) is 164 cm³/mol. The van der Waals surface area contributed by atoms with E-state index >= 15 is 0 Å². The summed E-state index contributed by atoms with van der Waals surface area (Å²) in [4.78, 5) is 33.3. The molecule has 0 aromatic heterocycles. The molecule has 0 atom stereocenters. The van der Waals surface area contributed by atoms with Gasteiger partial charge in [0.25, 0.3) is 0 Å². The van der Waals surface area contributed by atoms with Crippen LogP contribution in [0, 0.1) is 11.6 Å². The molecule has 0 aliphatic heterocycles. The van der Waals surface area contributed by atoms with E-state index in [1.165, 1.54) is 46.7 Å². The number of fused-ring (bicyclic) bond motifs is 3. The van der Waals surface area contributed by atoms with Crippen LogP contribution in [0.4, 0.5) is 8.78 Å². The van der Waals surface area contributed by atoms with Gasteiger partial charge in [-0.05, 0) is 12.2 Å². The molecule has 44 heavy (non-hydrogen) atoms. The van der Waals surface area contributed by atoms with Gasteiger partial charge in [0.05, 0.1) is 34.0 Å². The fourth-order valence-electron chi connectivity index (χ4n) is 4.79. The number of carbonyl (C=O) groups excluding carboxylic acids is 3. The number of hydrogen-bond donors (Lipinski definition) is 0. The van der Waals surface area contributed by atoms with Gasteiger partial charge < -0.3 is 18.9 Å². The van der Waals surface area contributed by atoms with Gasteiger partial charge in [0.1, 0.15) is 11.5 Å². The van der Waals surface area contributed by atoms with Crippen molar-refractivity contribution in [3.05, 3.63) is 119 Å². The second kappa shape index (κ2) is 14.1. The largest absolute Gasteiger partial charge is 0.496 e. The van der Waals surface area contributed by atoms with Crippen LogP contribution >= 0.6 is 0 Å². The molecule has 5 aromatic rings. The molecule has 7 nitrogen and oxygen atoms in total. The first kappa shape index (κ1) is 31.4. The van der Waals surface area contributed by atoms with E-state index in [-0.39, 0.29) is 34.4 Å². The summed E-state index contributed by atoms with van der Waals surface area (Å²) in [6.45, 7) is 0. The highest BCUT2D eigenvalue weighted by Crippen LogP contribution is 2.39. The third kappa shape index (κ3) is 6.12. The highest BCUT2D eigenvalue weighted by atomic mass is 19.1. The summed E-state index contributed by atoms with van der Waals surface area (Å²) in [6, 6.07) is 22.6. The number of ketones is 2. The zero-order valence-electron chi connectivity index (χ0n) is 24.4. The van der Waals surface area contributed by atoms with Crippen LogP contribution in [0.25, 0.3) is 21.5 Å². The zero-order valence-corrected chi connectivity index (χ0v) is 24.4. The molecule has 0 unspecified atom stereocenters. The lowest BCUT2D eigenvalue weighted by atomic mass is 9.95. The average Bonchev–Trinajstić information content (AvgIpc) is 3.06. The average molecular weight is 599 g/mol. The van der Waals surface area contributed by atoms with Gasteiger partial charge in [-0.1, -0.05) is 72.8 Å². The number of benzene rings is 5. The molecule has 1 aliphatic carbocycles. The maximum atomic E-state index is 14.0. The number of hydrogen-bond acceptors (Lipinski definition) is 7. The second-order valence-electron chi connectivity index (χ2n) is 9.20. The van der Waals surface area contributed by atoms with Crippen LogP contribution in [0.2, 0.25) is 0 Å². The van der Waals surface area contributed by atoms with Crippen molar-refractivity contribution in [2.45, 2.75) is 0 Å². The lowest BCUT2D eigenvalue weighted by Crippen LogP contribution is -2.10. The van der Waals surface area contributed by atoms with Crippen LogP contribution in [0.15, 0.2) is 91.0 Å². The molecule has 1 aliphatic rings. The van der Waals surface area contributed by atoms with Crippen molar-refractivity contribution in [1.29, 1.82) is 0 Å². The number of carbonyl (C=O) groups is 3. The quantitative estimate of drug-likeness (QED) is 0.195. The van der Waals surface area contributed by atoms with Crippen LogP contribution in [0.1, 0.15) is 31.1 Å². The summed E-state index contributed by atoms with van der Waals surface area (Å²) in [5.74, 6) is -0.228. The number of rotatable bonds is 5. The molecule has 0 saturated carbocycles. The first-order valence-corrected chi connectivity index (χ1v) is 13.2. The van der Waals surface area contributed by atoms with Gasteiger partial charge in [0.2, 0.25) is 0 Å². The van der Waals surface area contributed by atoms with Crippen LogP contribution in [0.3, 0.4) is 0 Å². The van der Waals surface area contributed by atoms with Gasteiger partial charge >= 0.3 is 0 Å². The van der Waals surface area contributed by atoms with E-state index in [1.54, 1.807) is 54.6 Å². The van der Waals surface area contributed by atoms with E-state index in [0.29, 0.717) is 33.9 Å². The van der Waals surface area contributed by atoms with Crippen molar-refractivity contribution < 1.29 is 42.1 Å². The highest BCUT2D eigenvalue weighted by Gasteiger charge is 2.20. The predicted octanol–water partition coefficient (Wildman–Crippen LogP) is 7.43. The third-order valence-electron chi connectivity index (χ3n) is 6.80. The molecule has 6 rings (SSSR count). The Morgan fingerprint density at radius 2 is 1.00 bits per heavy atom. The van der Waals surface area contributed by atoms with Gasteiger partial charge in [-0.15, -0.1) is 0 Å². The maximum Gasteiger partial charge on any atom is 0.186 e. The zero-order chi connectivity index (χ0) is 31.8. The number of aldehydes is 1. The Balaban J connectivity index is 0.000000153. The number of ether oxygens (including phenoxy) is 4. The first-order valence-electron chi connectivity index (χ1n) is 13.2. The molecule has 0 N–H and O–H groups in total. The summed E-state index contributed by atoms with van der Waals surface area (Å²) < 4.78 is 47.8. The van der Waals surface area contributed by atoms with E-state index in [2.05, 4.69) is 0 Å². The minimum atomic E-state index is -0.696. The highest BCUT2D eigenvalue weighted by molar-refractivity contribution is 6.22. The Morgan fingerprint density at radius 3 is 1.45 bits per heavy atom. The van der Waals surface area contributed by atoms with Crippen LogP contribution < -0.4 is 18.9 Å². The van der Waals surface area contributed by atoms with Crippen molar-refractivity contribution in [3.63, 3.8) is 0 Å². The third-order valence-corrected chi connectivity index (χ3v) is 6.80. The minimum absolute atomic E-state index is 0.0588. The molecule has 0 saturated heterocycles. The Morgan fingerprint density at radius 1 is 0.568 bits per heavy atom. The van der Waals surface area contributed by atoms with Gasteiger partial charge in [-0.25, -0.2) is 8.78 Å². The molecule has 0 fully saturated rings. The van der Waals surface area contributed by atoms with Crippen molar-refractivity contribution in [2.75, 3.05) is 28.4 Å². The molecular weight excluding hydrogens is 570 g/mol. The Bertz CT molecular complexity index is 1860. The Kier molecular flexibility index (Phi) is 10.0. The van der Waals surface area contributed by atoms with Crippen LogP contribution in [0.5, 0.6) is 23.0 Å². The smallest absolute Gasteiger partial charge is 0.186 e. The van der Waals surface area contributed by atoms with E-state index in [9.17, 15) is 23.2 Å². The standard InChI is InChI=1S/C13H11FO3.C12H11FO2.C10H6O2/c1-16-12-8-5-3-4-6-9(8)13(17-2)11(14)10(12)7-15;1-14-11-7-10(13)12(15-2)9-6-4-3-5-8(9)11;11-9-5-6-10(12)8-4-2-1-3-7(8)9/h3-7H,1-2H3;3-7H,1-2H3;1-6H. The molecule has 0 amide bonds. The number of allylic oxidation sites excluding steroid dienone is 2. The first-order chi connectivity index (χ1) is 21.3. The van der Waals surface area contributed by atoms with Crippen LogP contribution in [-0.2, 0) is 0 Å². The fourth-order valence-corrected chi connectivity index (χ4v) is 4.79. The summed E-state index contributed by atoms with van der Waals surface area (Å²) >= 11 is 0. The number of methoxy groups -OCH3 is 4. The van der Waals surface area contributed by atoms with Crippen molar-refractivity contribution in [1.82, 2.24) is 0 Å². The molecule has 0 spiro atoms. The minimum Gasteiger partial charge on any atom is -0.496 e. The summed E-state index contributed by atoms with van der Waals surface area (Å²) in [5.41, 5.74) is 0.887. The lowest BCUT2D eigenvalue weighted by Gasteiger charge is -2.13. The Hall–Kier alpha value is -5.57. The SMILES string of the molecule is COc1c(F)c(C=O)c(OC)c2ccccc12.COc1cc(F)c(OC)c2ccccc12.O=C1C=CC(=O)c2ccccc21. The lowest BCUT2D eigenvalue weighted by molar-refractivity contribution is 0.0994. The molecule has 0 bridgehead atoms. The van der Waals surface area contributed by atoms with Gasteiger partial charge in [-0.2, -0.15) is 0 Å². The second-order valence-corrected chi connectivity index (χ2v) is 9.20. The fraction of sp³-hybridized carbons (Fsp3) is 0.114. The van der Waals surface area contributed by atoms with Gasteiger partial charge in [0, 0.05) is 38.7 Å². The number of halogens is 2. The van der Waals surface area contributed by atoms with Crippen molar-refractivity contribution in [3.8, 4) is 23.0 Å². The molecule has 0 radical (unpaired) electrons. The molecule has 0 heterocycles. The normalized spacial score (nSPS) is 11.5. The van der Waals surface area contributed by atoms with Gasteiger partial charge in [0.15, 0.2) is 41.0 Å². The summed E-state index contributed by atoms with van der Waals surface area (Å²) in [5, 5.41) is 2.79. The van der Waals surface area contributed by atoms with E-state index in [1.807, 2.05) is 18.2 Å². The molecular formula is C35H28F2O7. The van der Waals surface area contributed by atoms with E-state index < -0.39 is 11.6 Å². The summed E-state index contributed by atoms with van der Waals surface area (Å²) in [6.07, 6.45) is 3.05.